The summed E-state index contributed by atoms with van der Waals surface area (Å²) in [4.78, 5) is 0. The number of hydrogen-bond acceptors (Lipinski definition) is 6. The standard InChI is InChI=1S/C25H21ClN2O4/c1-2-30-23-11-15(7-10-21(23)31-14-16-5-3-4-6-20(16)26)24-18-9-8-17(29)12-22(18)32-25(28)19(24)13-27/h3-12,24,29H,2,14,28H2,1H3/t24-/m1/s1. The van der Waals surface area contributed by atoms with Crippen LogP contribution in [0.4, 0.5) is 0 Å². The number of phenolic OH excluding ortho intramolecular Hbond substituents is 1. The number of rotatable bonds is 6. The first-order valence-corrected chi connectivity index (χ1v) is 10.4. The summed E-state index contributed by atoms with van der Waals surface area (Å²) in [6.07, 6.45) is 0. The second kappa shape index (κ2) is 9.13. The lowest BCUT2D eigenvalue weighted by atomic mass is 9.83. The third-order valence-electron chi connectivity index (χ3n) is 5.14. The largest absolute Gasteiger partial charge is 0.508 e. The third kappa shape index (κ3) is 4.16. The van der Waals surface area contributed by atoms with Crippen molar-refractivity contribution in [3.05, 3.63) is 93.8 Å². The van der Waals surface area contributed by atoms with Crippen LogP contribution in [0.25, 0.3) is 0 Å². The molecule has 0 aliphatic carbocycles. The van der Waals surface area contributed by atoms with E-state index in [-0.39, 0.29) is 23.8 Å². The van der Waals surface area contributed by atoms with Gasteiger partial charge in [-0.1, -0.05) is 41.9 Å². The monoisotopic (exact) mass is 448 g/mol. The molecule has 0 amide bonds. The summed E-state index contributed by atoms with van der Waals surface area (Å²) in [6.45, 7) is 2.61. The average Bonchev–Trinajstić information content (AvgIpc) is 2.78. The fourth-order valence-corrected chi connectivity index (χ4v) is 3.84. The molecule has 0 unspecified atom stereocenters. The van der Waals surface area contributed by atoms with Gasteiger partial charge in [-0.3, -0.25) is 0 Å². The maximum atomic E-state index is 9.83. The quantitative estimate of drug-likeness (QED) is 0.535. The molecule has 0 fully saturated rings. The molecule has 3 aromatic rings. The van der Waals surface area contributed by atoms with E-state index < -0.39 is 5.92 Å². The minimum atomic E-state index is -0.471. The number of halogens is 1. The van der Waals surface area contributed by atoms with Crippen LogP contribution in [0.3, 0.4) is 0 Å². The summed E-state index contributed by atoms with van der Waals surface area (Å²) in [5.41, 5.74) is 8.68. The van der Waals surface area contributed by atoms with Gasteiger partial charge in [-0.25, -0.2) is 0 Å². The third-order valence-corrected chi connectivity index (χ3v) is 5.51. The van der Waals surface area contributed by atoms with E-state index in [1.165, 1.54) is 6.07 Å². The summed E-state index contributed by atoms with van der Waals surface area (Å²) in [5, 5.41) is 20.2. The van der Waals surface area contributed by atoms with Gasteiger partial charge in [0.1, 0.15) is 29.7 Å². The summed E-state index contributed by atoms with van der Waals surface area (Å²) in [7, 11) is 0. The van der Waals surface area contributed by atoms with E-state index in [1.54, 1.807) is 18.2 Å². The fourth-order valence-electron chi connectivity index (χ4n) is 3.65. The van der Waals surface area contributed by atoms with Crippen molar-refractivity contribution in [3.63, 3.8) is 0 Å². The van der Waals surface area contributed by atoms with Crippen LogP contribution in [-0.2, 0) is 6.61 Å². The van der Waals surface area contributed by atoms with Crippen LogP contribution in [0.15, 0.2) is 72.1 Å². The van der Waals surface area contributed by atoms with Crippen LogP contribution in [0.1, 0.15) is 29.5 Å². The zero-order valence-electron chi connectivity index (χ0n) is 17.3. The van der Waals surface area contributed by atoms with Crippen molar-refractivity contribution in [2.24, 2.45) is 5.73 Å². The Morgan fingerprint density at radius 2 is 1.91 bits per heavy atom. The van der Waals surface area contributed by atoms with Crippen molar-refractivity contribution in [2.75, 3.05) is 6.61 Å². The van der Waals surface area contributed by atoms with Gasteiger partial charge in [-0.15, -0.1) is 0 Å². The molecule has 32 heavy (non-hydrogen) atoms. The Kier molecular flexibility index (Phi) is 6.11. The van der Waals surface area contributed by atoms with Crippen LogP contribution in [0.5, 0.6) is 23.0 Å². The fraction of sp³-hybridized carbons (Fsp3) is 0.160. The van der Waals surface area contributed by atoms with Crippen molar-refractivity contribution in [1.82, 2.24) is 0 Å². The molecule has 1 atom stereocenters. The van der Waals surface area contributed by atoms with Gasteiger partial charge in [-0.05, 0) is 36.8 Å². The summed E-state index contributed by atoms with van der Waals surface area (Å²) in [5.74, 6) is 1.09. The summed E-state index contributed by atoms with van der Waals surface area (Å²) >= 11 is 6.23. The maximum absolute atomic E-state index is 9.83. The lowest BCUT2D eigenvalue weighted by Gasteiger charge is -2.27. The molecule has 6 nitrogen and oxygen atoms in total. The van der Waals surface area contributed by atoms with Gasteiger partial charge in [-0.2, -0.15) is 5.26 Å². The molecule has 1 aliphatic rings. The van der Waals surface area contributed by atoms with E-state index in [9.17, 15) is 10.4 Å². The molecule has 1 aliphatic heterocycles. The Bertz CT molecular complexity index is 1230. The number of fused-ring (bicyclic) bond motifs is 1. The highest BCUT2D eigenvalue weighted by molar-refractivity contribution is 6.31. The van der Waals surface area contributed by atoms with E-state index in [2.05, 4.69) is 6.07 Å². The van der Waals surface area contributed by atoms with Gasteiger partial charge < -0.3 is 25.1 Å². The second-order valence-corrected chi connectivity index (χ2v) is 7.57. The van der Waals surface area contributed by atoms with Gasteiger partial charge in [0.25, 0.3) is 0 Å². The van der Waals surface area contributed by atoms with Gasteiger partial charge in [0, 0.05) is 22.2 Å². The second-order valence-electron chi connectivity index (χ2n) is 7.17. The van der Waals surface area contributed by atoms with E-state index >= 15 is 0 Å². The Morgan fingerprint density at radius 3 is 2.66 bits per heavy atom. The van der Waals surface area contributed by atoms with Crippen molar-refractivity contribution in [1.29, 1.82) is 5.26 Å². The molecule has 3 aromatic carbocycles. The molecular formula is C25H21ClN2O4. The van der Waals surface area contributed by atoms with E-state index in [1.807, 2.05) is 43.3 Å². The van der Waals surface area contributed by atoms with Gasteiger partial charge in [0.2, 0.25) is 5.88 Å². The predicted molar refractivity (Wildman–Crippen MR) is 121 cm³/mol. The Morgan fingerprint density at radius 1 is 1.09 bits per heavy atom. The highest BCUT2D eigenvalue weighted by Gasteiger charge is 2.31. The molecule has 0 saturated heterocycles. The minimum Gasteiger partial charge on any atom is -0.508 e. The number of aromatic hydroxyl groups is 1. The molecular weight excluding hydrogens is 428 g/mol. The lowest BCUT2D eigenvalue weighted by molar-refractivity contribution is 0.269. The molecule has 0 saturated carbocycles. The highest BCUT2D eigenvalue weighted by atomic mass is 35.5. The van der Waals surface area contributed by atoms with Gasteiger partial charge >= 0.3 is 0 Å². The van der Waals surface area contributed by atoms with Crippen LogP contribution in [0, 0.1) is 11.3 Å². The highest BCUT2D eigenvalue weighted by Crippen LogP contribution is 2.45. The minimum absolute atomic E-state index is 0.00704. The Labute approximate surface area is 191 Å². The first-order chi connectivity index (χ1) is 15.5. The van der Waals surface area contributed by atoms with Crippen molar-refractivity contribution < 1.29 is 19.3 Å². The first kappa shape index (κ1) is 21.4. The lowest BCUT2D eigenvalue weighted by Crippen LogP contribution is -2.21. The van der Waals surface area contributed by atoms with Crippen LogP contribution >= 0.6 is 11.6 Å². The summed E-state index contributed by atoms with van der Waals surface area (Å²) < 4.78 is 17.4. The van der Waals surface area contributed by atoms with Crippen LogP contribution in [0.2, 0.25) is 5.02 Å². The Hall–Kier alpha value is -3.82. The van der Waals surface area contributed by atoms with Crippen LogP contribution < -0.4 is 19.9 Å². The van der Waals surface area contributed by atoms with E-state index in [0.717, 1.165) is 16.7 Å². The van der Waals surface area contributed by atoms with Crippen molar-refractivity contribution in [3.8, 4) is 29.1 Å². The van der Waals surface area contributed by atoms with Crippen LogP contribution in [-0.4, -0.2) is 11.7 Å². The number of nitriles is 1. The smallest absolute Gasteiger partial charge is 0.205 e. The molecule has 0 bridgehead atoms. The topological polar surface area (TPSA) is 97.7 Å². The van der Waals surface area contributed by atoms with E-state index in [0.29, 0.717) is 28.9 Å². The predicted octanol–water partition coefficient (Wildman–Crippen LogP) is 5.24. The van der Waals surface area contributed by atoms with Gasteiger partial charge in [0.15, 0.2) is 11.5 Å². The molecule has 0 spiro atoms. The number of nitrogens with two attached hydrogens (primary N) is 1. The molecule has 1 heterocycles. The zero-order chi connectivity index (χ0) is 22.7. The maximum Gasteiger partial charge on any atom is 0.205 e. The van der Waals surface area contributed by atoms with Gasteiger partial charge in [0.05, 0.1) is 12.5 Å². The summed E-state index contributed by atoms with van der Waals surface area (Å²) in [6, 6.07) is 19.9. The SMILES string of the molecule is CCOc1cc([C@H]2C(C#N)=C(N)Oc3cc(O)ccc32)ccc1OCc1ccccc1Cl. The molecule has 162 valence electrons. The van der Waals surface area contributed by atoms with Crippen molar-refractivity contribution in [2.45, 2.75) is 19.4 Å². The molecule has 7 heteroatoms. The number of ether oxygens (including phenoxy) is 3. The number of hydrogen-bond donors (Lipinski definition) is 2. The first-order valence-electron chi connectivity index (χ1n) is 10.0. The normalized spacial score (nSPS) is 14.8. The molecule has 0 aromatic heterocycles. The number of allylic oxidation sites excluding steroid dienone is 1. The van der Waals surface area contributed by atoms with Crippen molar-refractivity contribution >= 4 is 11.6 Å². The molecule has 0 radical (unpaired) electrons. The number of nitrogens with zero attached hydrogens (tertiary/aromatic N) is 1. The Balaban J connectivity index is 1.72. The van der Waals surface area contributed by atoms with E-state index in [4.69, 9.17) is 31.5 Å². The number of phenols is 1. The zero-order valence-corrected chi connectivity index (χ0v) is 18.1. The number of benzene rings is 3. The molecule has 4 rings (SSSR count). The molecule has 3 N–H and O–H groups in total. The average molecular weight is 449 g/mol.